The summed E-state index contributed by atoms with van der Waals surface area (Å²) in [6.07, 6.45) is 1.68. The molecule has 0 aromatic rings. The van der Waals surface area contributed by atoms with Gasteiger partial charge < -0.3 is 9.53 Å². The van der Waals surface area contributed by atoms with Crippen molar-refractivity contribution in [2.45, 2.75) is 51.7 Å². The summed E-state index contributed by atoms with van der Waals surface area (Å²) in [7, 11) is 0. The molecule has 5 nitrogen and oxygen atoms in total. The molecule has 1 aliphatic rings. The summed E-state index contributed by atoms with van der Waals surface area (Å²) in [6.45, 7) is 7.25. The van der Waals surface area contributed by atoms with Gasteiger partial charge in [0.25, 0.3) is 0 Å². The molecule has 0 unspecified atom stereocenters. The summed E-state index contributed by atoms with van der Waals surface area (Å²) in [6, 6.07) is 0. The number of nitrogens with one attached hydrogen (secondary N) is 1. The molecule has 0 aliphatic carbocycles. The van der Waals surface area contributed by atoms with Gasteiger partial charge in [-0.2, -0.15) is 5.10 Å². The Morgan fingerprint density at radius 2 is 2.25 bits per heavy atom. The fourth-order valence-electron chi connectivity index (χ4n) is 1.37. The molecule has 0 fully saturated rings. The minimum absolute atomic E-state index is 0.281. The highest BCUT2D eigenvalue weighted by Crippen LogP contribution is 2.20. The number of esters is 1. The van der Waals surface area contributed by atoms with Crippen LogP contribution in [0.2, 0.25) is 0 Å². The lowest BCUT2D eigenvalue weighted by Gasteiger charge is -2.20. The largest absolute Gasteiger partial charge is 0.455 e. The number of carbonyl (C=O) groups is 2. The standard InChI is InChI=1S/C11H18N2O3/c1-5-11(7-14)6-8(12-13-11)9(15)16-10(2,3)4/h7,13H,5-6H2,1-4H3/t11-/m0/s1. The fraction of sp³-hybridized carbons (Fsp3) is 0.727. The molecule has 0 saturated heterocycles. The van der Waals surface area contributed by atoms with Gasteiger partial charge in [-0.15, -0.1) is 0 Å². The molecule has 1 aliphatic heterocycles. The summed E-state index contributed by atoms with van der Waals surface area (Å²) in [5.74, 6) is -0.461. The van der Waals surface area contributed by atoms with Crippen LogP contribution in [-0.2, 0) is 14.3 Å². The molecule has 0 amide bonds. The van der Waals surface area contributed by atoms with Gasteiger partial charge in [0, 0.05) is 6.42 Å². The summed E-state index contributed by atoms with van der Waals surface area (Å²) in [5, 5.41) is 3.88. The predicted molar refractivity (Wildman–Crippen MR) is 60.1 cm³/mol. The van der Waals surface area contributed by atoms with E-state index in [0.717, 1.165) is 6.29 Å². The van der Waals surface area contributed by atoms with E-state index in [4.69, 9.17) is 4.74 Å². The van der Waals surface area contributed by atoms with E-state index in [1.54, 1.807) is 20.8 Å². The number of hydrogen-bond acceptors (Lipinski definition) is 5. The second kappa shape index (κ2) is 4.23. The Morgan fingerprint density at radius 3 is 2.62 bits per heavy atom. The number of ether oxygens (including phenoxy) is 1. The van der Waals surface area contributed by atoms with Crippen LogP contribution < -0.4 is 5.43 Å². The molecule has 5 heteroatoms. The maximum Gasteiger partial charge on any atom is 0.355 e. The van der Waals surface area contributed by atoms with Crippen LogP contribution in [0, 0.1) is 0 Å². The second-order valence-electron chi connectivity index (χ2n) is 4.98. The third-order valence-corrected chi connectivity index (χ3v) is 2.39. The van der Waals surface area contributed by atoms with Crippen molar-refractivity contribution >= 4 is 18.0 Å². The molecule has 16 heavy (non-hydrogen) atoms. The van der Waals surface area contributed by atoms with Crippen molar-refractivity contribution in [3.63, 3.8) is 0 Å². The molecule has 90 valence electrons. The first-order chi connectivity index (χ1) is 7.32. The van der Waals surface area contributed by atoms with Crippen LogP contribution in [0.1, 0.15) is 40.5 Å². The lowest BCUT2D eigenvalue weighted by molar-refractivity contribution is -0.146. The average molecular weight is 226 g/mol. The minimum atomic E-state index is -0.730. The number of hydrazone groups is 1. The summed E-state index contributed by atoms with van der Waals surface area (Å²) in [4.78, 5) is 22.6. The van der Waals surface area contributed by atoms with Gasteiger partial charge in [0.1, 0.15) is 23.1 Å². The normalized spacial score (nSPS) is 24.6. The van der Waals surface area contributed by atoms with Gasteiger partial charge in [0.05, 0.1) is 0 Å². The molecule has 0 saturated carbocycles. The van der Waals surface area contributed by atoms with E-state index in [9.17, 15) is 9.59 Å². The number of aldehydes is 1. The quantitative estimate of drug-likeness (QED) is 0.576. The topological polar surface area (TPSA) is 67.8 Å². The van der Waals surface area contributed by atoms with Crippen molar-refractivity contribution in [3.8, 4) is 0 Å². The van der Waals surface area contributed by atoms with Gasteiger partial charge in [-0.05, 0) is 27.2 Å². The molecule has 0 aromatic carbocycles. The molecule has 0 spiro atoms. The van der Waals surface area contributed by atoms with Gasteiger partial charge in [0.2, 0.25) is 0 Å². The lowest BCUT2D eigenvalue weighted by Crippen LogP contribution is -2.40. The number of hydrogen-bond donors (Lipinski definition) is 1. The van der Waals surface area contributed by atoms with Gasteiger partial charge in [0.15, 0.2) is 0 Å². The maximum atomic E-state index is 11.7. The SMILES string of the molecule is CC[C@@]1(C=O)CC(C(=O)OC(C)(C)C)=NN1. The van der Waals surface area contributed by atoms with Gasteiger partial charge in [-0.1, -0.05) is 6.92 Å². The fourth-order valence-corrected chi connectivity index (χ4v) is 1.37. The van der Waals surface area contributed by atoms with Crippen LogP contribution >= 0.6 is 0 Å². The molecule has 0 bridgehead atoms. The van der Waals surface area contributed by atoms with E-state index in [1.807, 2.05) is 6.92 Å². The third-order valence-electron chi connectivity index (χ3n) is 2.39. The van der Waals surface area contributed by atoms with Crippen LogP contribution in [0.25, 0.3) is 0 Å². The van der Waals surface area contributed by atoms with Crippen LogP contribution in [-0.4, -0.2) is 29.1 Å². The Hall–Kier alpha value is -1.39. The highest BCUT2D eigenvalue weighted by atomic mass is 16.6. The lowest BCUT2D eigenvalue weighted by atomic mass is 9.93. The van der Waals surface area contributed by atoms with E-state index in [-0.39, 0.29) is 5.71 Å². The van der Waals surface area contributed by atoms with Crippen LogP contribution in [0.15, 0.2) is 5.10 Å². The van der Waals surface area contributed by atoms with Gasteiger partial charge in [-0.3, -0.25) is 5.43 Å². The second-order valence-corrected chi connectivity index (χ2v) is 4.98. The van der Waals surface area contributed by atoms with Crippen molar-refractivity contribution in [3.05, 3.63) is 0 Å². The summed E-state index contributed by atoms with van der Waals surface area (Å²) >= 11 is 0. The summed E-state index contributed by atoms with van der Waals surface area (Å²) in [5.41, 5.74) is 1.71. The molecular formula is C11H18N2O3. The first kappa shape index (κ1) is 12.7. The van der Waals surface area contributed by atoms with E-state index in [2.05, 4.69) is 10.5 Å². The average Bonchev–Trinajstić information content (AvgIpc) is 2.60. The van der Waals surface area contributed by atoms with Crippen molar-refractivity contribution in [1.29, 1.82) is 0 Å². The zero-order valence-electron chi connectivity index (χ0n) is 10.2. The van der Waals surface area contributed by atoms with Crippen molar-refractivity contribution in [2.75, 3.05) is 0 Å². The molecular weight excluding hydrogens is 208 g/mol. The van der Waals surface area contributed by atoms with Gasteiger partial charge >= 0.3 is 5.97 Å². The molecule has 0 aromatic heterocycles. The summed E-state index contributed by atoms with van der Waals surface area (Å²) < 4.78 is 5.18. The Kier molecular flexibility index (Phi) is 3.35. The Bertz CT molecular complexity index is 331. The Balaban J connectivity index is 2.66. The molecule has 1 atom stereocenters. The monoisotopic (exact) mass is 226 g/mol. The third kappa shape index (κ3) is 2.81. The van der Waals surface area contributed by atoms with Crippen LogP contribution in [0.4, 0.5) is 0 Å². The van der Waals surface area contributed by atoms with E-state index < -0.39 is 17.1 Å². The molecule has 1 heterocycles. The Morgan fingerprint density at radius 1 is 1.62 bits per heavy atom. The highest BCUT2D eigenvalue weighted by molar-refractivity contribution is 6.37. The maximum absolute atomic E-state index is 11.7. The van der Waals surface area contributed by atoms with Crippen molar-refractivity contribution in [2.24, 2.45) is 5.10 Å². The van der Waals surface area contributed by atoms with Crippen molar-refractivity contribution in [1.82, 2.24) is 5.43 Å². The zero-order chi connectivity index (χ0) is 12.4. The number of nitrogens with zero attached hydrogens (tertiary/aromatic N) is 1. The van der Waals surface area contributed by atoms with E-state index in [0.29, 0.717) is 12.8 Å². The smallest absolute Gasteiger partial charge is 0.355 e. The molecule has 1 rings (SSSR count). The van der Waals surface area contributed by atoms with Crippen LogP contribution in [0.3, 0.4) is 0 Å². The van der Waals surface area contributed by atoms with E-state index >= 15 is 0 Å². The highest BCUT2D eigenvalue weighted by Gasteiger charge is 2.38. The molecule has 0 radical (unpaired) electrons. The van der Waals surface area contributed by atoms with E-state index in [1.165, 1.54) is 0 Å². The Labute approximate surface area is 95.2 Å². The number of carbonyl (C=O) groups excluding carboxylic acids is 2. The van der Waals surface area contributed by atoms with Crippen LogP contribution in [0.5, 0.6) is 0 Å². The van der Waals surface area contributed by atoms with Crippen molar-refractivity contribution < 1.29 is 14.3 Å². The van der Waals surface area contributed by atoms with Gasteiger partial charge in [-0.25, -0.2) is 4.79 Å². The minimum Gasteiger partial charge on any atom is -0.455 e. The zero-order valence-corrected chi connectivity index (χ0v) is 10.2. The first-order valence-corrected chi connectivity index (χ1v) is 5.35. The number of rotatable bonds is 3. The predicted octanol–water partition coefficient (Wildman–Crippen LogP) is 1.03. The molecule has 1 N–H and O–H groups in total. The first-order valence-electron chi connectivity index (χ1n) is 5.35.